The van der Waals surface area contributed by atoms with Gasteiger partial charge in [-0.05, 0) is 38.3 Å². The molecule has 0 saturated heterocycles. The molecule has 1 aromatic rings. The smallest absolute Gasteiger partial charge is 0.326 e. The van der Waals surface area contributed by atoms with Gasteiger partial charge in [0, 0.05) is 12.2 Å². The van der Waals surface area contributed by atoms with E-state index in [9.17, 15) is 4.79 Å². The average molecular weight is 262 g/mol. The predicted octanol–water partition coefficient (Wildman–Crippen LogP) is 2.67. The van der Waals surface area contributed by atoms with Crippen molar-refractivity contribution >= 4 is 17.7 Å². The van der Waals surface area contributed by atoms with Crippen molar-refractivity contribution in [2.24, 2.45) is 0 Å². The van der Waals surface area contributed by atoms with Crippen molar-refractivity contribution in [1.29, 1.82) is 5.41 Å². The number of benzene rings is 1. The van der Waals surface area contributed by atoms with Gasteiger partial charge in [0.15, 0.2) is 5.96 Å². The molecule has 0 fully saturated rings. The van der Waals surface area contributed by atoms with Gasteiger partial charge in [-0.2, -0.15) is 0 Å². The summed E-state index contributed by atoms with van der Waals surface area (Å²) in [4.78, 5) is 11.8. The molecule has 104 valence electrons. The first-order valence-corrected chi connectivity index (χ1v) is 6.42. The van der Waals surface area contributed by atoms with E-state index >= 15 is 0 Å². The number of guanidine groups is 1. The highest BCUT2D eigenvalue weighted by molar-refractivity contribution is 6.02. The van der Waals surface area contributed by atoms with E-state index in [0.717, 1.165) is 23.2 Å². The van der Waals surface area contributed by atoms with Crippen LogP contribution in [0, 0.1) is 26.2 Å². The summed E-state index contributed by atoms with van der Waals surface area (Å²) in [7, 11) is 0. The van der Waals surface area contributed by atoms with Gasteiger partial charge in [-0.15, -0.1) is 0 Å². The zero-order valence-corrected chi connectivity index (χ0v) is 12.0. The second-order valence-electron chi connectivity index (χ2n) is 4.65. The van der Waals surface area contributed by atoms with Crippen LogP contribution in [-0.4, -0.2) is 18.5 Å². The molecule has 5 heteroatoms. The third kappa shape index (κ3) is 4.62. The zero-order valence-electron chi connectivity index (χ0n) is 12.0. The first-order valence-electron chi connectivity index (χ1n) is 6.42. The Morgan fingerprint density at radius 3 is 2.32 bits per heavy atom. The molecule has 0 aliphatic heterocycles. The molecule has 0 heterocycles. The fraction of sp³-hybridized carbons (Fsp3) is 0.429. The lowest BCUT2D eigenvalue weighted by molar-refractivity contribution is 0.255. The summed E-state index contributed by atoms with van der Waals surface area (Å²) in [5.41, 5.74) is 3.99. The summed E-state index contributed by atoms with van der Waals surface area (Å²) in [5.74, 6) is 0.0155. The van der Waals surface area contributed by atoms with Crippen LogP contribution in [0.2, 0.25) is 0 Å². The Morgan fingerprint density at radius 2 is 1.79 bits per heavy atom. The number of amides is 2. The maximum atomic E-state index is 11.8. The molecule has 0 aliphatic carbocycles. The van der Waals surface area contributed by atoms with Gasteiger partial charge in [-0.25, -0.2) is 4.79 Å². The van der Waals surface area contributed by atoms with Crippen LogP contribution in [0.15, 0.2) is 12.1 Å². The molecule has 1 aromatic carbocycles. The van der Waals surface area contributed by atoms with E-state index in [1.54, 1.807) is 0 Å². The van der Waals surface area contributed by atoms with Crippen LogP contribution in [0.1, 0.15) is 30.0 Å². The lowest BCUT2D eigenvalue weighted by atomic mass is 10.1. The minimum absolute atomic E-state index is 0.0155. The molecule has 19 heavy (non-hydrogen) atoms. The first kappa shape index (κ1) is 15.0. The van der Waals surface area contributed by atoms with Gasteiger partial charge >= 0.3 is 6.03 Å². The van der Waals surface area contributed by atoms with Crippen LogP contribution in [0.5, 0.6) is 0 Å². The quantitative estimate of drug-likeness (QED) is 0.499. The van der Waals surface area contributed by atoms with E-state index in [1.807, 2.05) is 39.8 Å². The van der Waals surface area contributed by atoms with E-state index < -0.39 is 6.03 Å². The number of anilines is 1. The number of urea groups is 1. The van der Waals surface area contributed by atoms with Crippen molar-refractivity contribution < 1.29 is 4.79 Å². The summed E-state index contributed by atoms with van der Waals surface area (Å²) in [5, 5.41) is 15.6. The Bertz CT molecular complexity index is 459. The van der Waals surface area contributed by atoms with Gasteiger partial charge in [0.2, 0.25) is 0 Å². The Morgan fingerprint density at radius 1 is 1.21 bits per heavy atom. The van der Waals surface area contributed by atoms with Gasteiger partial charge in [0.05, 0.1) is 0 Å². The van der Waals surface area contributed by atoms with Gasteiger partial charge in [0.25, 0.3) is 0 Å². The number of nitrogens with one attached hydrogen (secondary N) is 4. The molecular formula is C14H22N4O. The maximum absolute atomic E-state index is 11.8. The van der Waals surface area contributed by atoms with Gasteiger partial charge in [-0.1, -0.05) is 24.6 Å². The third-order valence-electron chi connectivity index (χ3n) is 2.71. The van der Waals surface area contributed by atoms with E-state index in [-0.39, 0.29) is 5.96 Å². The van der Waals surface area contributed by atoms with Crippen LogP contribution < -0.4 is 16.0 Å². The minimum atomic E-state index is -0.399. The molecule has 0 aromatic heterocycles. The summed E-state index contributed by atoms with van der Waals surface area (Å²) in [6.07, 6.45) is 0.905. The Balaban J connectivity index is 2.65. The first-order chi connectivity index (χ1) is 8.93. The molecule has 5 nitrogen and oxygen atoms in total. The molecule has 0 radical (unpaired) electrons. The van der Waals surface area contributed by atoms with E-state index in [2.05, 4.69) is 16.0 Å². The molecule has 2 amide bonds. The summed E-state index contributed by atoms with van der Waals surface area (Å²) in [6, 6.07) is 3.63. The highest BCUT2D eigenvalue weighted by Gasteiger charge is 2.09. The lowest BCUT2D eigenvalue weighted by Gasteiger charge is -2.14. The summed E-state index contributed by atoms with van der Waals surface area (Å²) in [6.45, 7) is 8.60. The van der Waals surface area contributed by atoms with Crippen LogP contribution >= 0.6 is 0 Å². The number of hydrogen-bond acceptors (Lipinski definition) is 2. The van der Waals surface area contributed by atoms with E-state index in [0.29, 0.717) is 6.54 Å². The predicted molar refractivity (Wildman–Crippen MR) is 78.8 cm³/mol. The topological polar surface area (TPSA) is 77.0 Å². The number of hydrogen-bond donors (Lipinski definition) is 4. The van der Waals surface area contributed by atoms with Crippen molar-refractivity contribution in [3.05, 3.63) is 28.8 Å². The van der Waals surface area contributed by atoms with Crippen molar-refractivity contribution in [2.45, 2.75) is 34.1 Å². The van der Waals surface area contributed by atoms with Gasteiger partial charge < -0.3 is 10.6 Å². The van der Waals surface area contributed by atoms with Crippen molar-refractivity contribution in [2.75, 3.05) is 11.9 Å². The molecule has 0 atom stereocenters. The maximum Gasteiger partial charge on any atom is 0.326 e. The second kappa shape index (κ2) is 6.78. The summed E-state index contributed by atoms with van der Waals surface area (Å²) < 4.78 is 0. The summed E-state index contributed by atoms with van der Waals surface area (Å²) >= 11 is 0. The van der Waals surface area contributed by atoms with E-state index in [4.69, 9.17) is 5.41 Å². The normalized spacial score (nSPS) is 9.89. The molecule has 0 bridgehead atoms. The Labute approximate surface area is 114 Å². The SMILES string of the molecule is CCCNC(=N)NC(=O)Nc1c(C)cc(C)cc1C. The Kier molecular flexibility index (Phi) is 5.36. The third-order valence-corrected chi connectivity index (χ3v) is 2.71. The molecule has 0 aliphatic rings. The average Bonchev–Trinajstić information content (AvgIpc) is 2.31. The standard InChI is InChI=1S/C14H22N4O/c1-5-6-16-13(15)18-14(19)17-12-10(3)7-9(2)8-11(12)4/h7-8H,5-6H2,1-4H3,(H4,15,16,17,18,19). The zero-order chi connectivity index (χ0) is 14.4. The van der Waals surface area contributed by atoms with Crippen LogP contribution in [0.25, 0.3) is 0 Å². The van der Waals surface area contributed by atoms with Crippen LogP contribution in [0.4, 0.5) is 10.5 Å². The Hall–Kier alpha value is -2.04. The highest BCUT2D eigenvalue weighted by atomic mass is 16.2. The fourth-order valence-corrected chi connectivity index (χ4v) is 1.93. The van der Waals surface area contributed by atoms with Gasteiger partial charge in [-0.3, -0.25) is 10.7 Å². The molecule has 0 spiro atoms. The number of carbonyl (C=O) groups is 1. The minimum Gasteiger partial charge on any atom is -0.356 e. The number of aryl methyl sites for hydroxylation is 3. The molecule has 4 N–H and O–H groups in total. The number of carbonyl (C=O) groups excluding carboxylic acids is 1. The van der Waals surface area contributed by atoms with Crippen LogP contribution in [0.3, 0.4) is 0 Å². The van der Waals surface area contributed by atoms with Crippen molar-refractivity contribution in [3.8, 4) is 0 Å². The molecular weight excluding hydrogens is 240 g/mol. The molecule has 0 saturated carbocycles. The van der Waals surface area contributed by atoms with Gasteiger partial charge in [0.1, 0.15) is 0 Å². The molecule has 0 unspecified atom stereocenters. The fourth-order valence-electron chi connectivity index (χ4n) is 1.93. The van der Waals surface area contributed by atoms with E-state index in [1.165, 1.54) is 5.56 Å². The van der Waals surface area contributed by atoms with Crippen LogP contribution in [-0.2, 0) is 0 Å². The number of rotatable bonds is 3. The lowest BCUT2D eigenvalue weighted by Crippen LogP contribution is -2.42. The van der Waals surface area contributed by atoms with Crippen molar-refractivity contribution in [1.82, 2.24) is 10.6 Å². The molecule has 1 rings (SSSR count). The second-order valence-corrected chi connectivity index (χ2v) is 4.65. The monoisotopic (exact) mass is 262 g/mol. The largest absolute Gasteiger partial charge is 0.356 e. The highest BCUT2D eigenvalue weighted by Crippen LogP contribution is 2.21. The van der Waals surface area contributed by atoms with Crippen molar-refractivity contribution in [3.63, 3.8) is 0 Å².